The van der Waals surface area contributed by atoms with Crippen molar-refractivity contribution in [1.29, 1.82) is 0 Å². The lowest BCUT2D eigenvalue weighted by molar-refractivity contribution is -0.129. The first kappa shape index (κ1) is 25.7. The summed E-state index contributed by atoms with van der Waals surface area (Å²) >= 11 is 14.7. The van der Waals surface area contributed by atoms with Crippen LogP contribution in [0, 0.1) is 0 Å². The number of halogens is 3. The minimum Gasteiger partial charge on any atom is -0.490 e. The van der Waals surface area contributed by atoms with Gasteiger partial charge in [-0.3, -0.25) is 0 Å². The number of ether oxygens (including phenoxy) is 3. The van der Waals surface area contributed by atoms with Crippen molar-refractivity contribution >= 4 is 88.8 Å². The zero-order valence-corrected chi connectivity index (χ0v) is 23.8. The van der Waals surface area contributed by atoms with Crippen molar-refractivity contribution in [2.75, 3.05) is 6.61 Å². The molecule has 0 bridgehead atoms. The number of esters is 2. The van der Waals surface area contributed by atoms with E-state index in [1.54, 1.807) is 48.5 Å². The van der Waals surface area contributed by atoms with Crippen molar-refractivity contribution in [1.82, 2.24) is 0 Å². The highest BCUT2D eigenvalue weighted by Gasteiger charge is 2.28. The summed E-state index contributed by atoms with van der Waals surface area (Å²) in [7, 11) is 0. The molecule has 0 radical (unpaired) electrons. The molecule has 1 aliphatic rings. The van der Waals surface area contributed by atoms with Crippen molar-refractivity contribution in [2.45, 2.75) is 6.92 Å². The largest absolute Gasteiger partial charge is 0.490 e. The smallest absolute Gasteiger partial charge is 0.363 e. The second-order valence-electron chi connectivity index (χ2n) is 7.76. The summed E-state index contributed by atoms with van der Waals surface area (Å²) < 4.78 is 19.4. The molecule has 0 atom stereocenters. The maximum absolute atomic E-state index is 12.6. The van der Waals surface area contributed by atoms with Gasteiger partial charge in [-0.2, -0.15) is 0 Å². The molecule has 1 aromatic heterocycles. The topological polar surface area (TPSA) is 74.2 Å². The minimum atomic E-state index is -0.589. The van der Waals surface area contributed by atoms with E-state index in [4.69, 9.17) is 25.8 Å². The third kappa shape index (κ3) is 5.50. The molecule has 0 saturated carbocycles. The van der Waals surface area contributed by atoms with Crippen LogP contribution in [0.1, 0.15) is 27.7 Å². The Morgan fingerprint density at radius 2 is 1.81 bits per heavy atom. The number of rotatable bonds is 6. The first-order valence-corrected chi connectivity index (χ1v) is 13.8. The number of fused-ring (bicyclic) bond motifs is 1. The van der Waals surface area contributed by atoms with Gasteiger partial charge in [-0.1, -0.05) is 55.6 Å². The summed E-state index contributed by atoms with van der Waals surface area (Å²) in [4.78, 5) is 30.1. The van der Waals surface area contributed by atoms with Crippen molar-refractivity contribution in [3.63, 3.8) is 0 Å². The number of aliphatic imine (C=N–C) groups is 1. The first-order chi connectivity index (χ1) is 17.8. The molecular formula is C27H16Br2ClNO5S. The van der Waals surface area contributed by atoms with Crippen LogP contribution in [0.5, 0.6) is 11.5 Å². The lowest BCUT2D eigenvalue weighted by atomic mass is 10.1. The van der Waals surface area contributed by atoms with Gasteiger partial charge in [0.05, 0.1) is 17.2 Å². The molecule has 186 valence electrons. The third-order valence-electron chi connectivity index (χ3n) is 5.26. The Morgan fingerprint density at radius 1 is 1.05 bits per heavy atom. The van der Waals surface area contributed by atoms with Gasteiger partial charge in [0.1, 0.15) is 4.88 Å². The lowest BCUT2D eigenvalue weighted by Crippen LogP contribution is -2.09. The number of hydrogen-bond acceptors (Lipinski definition) is 7. The van der Waals surface area contributed by atoms with E-state index in [2.05, 4.69) is 36.9 Å². The fraction of sp³-hybridized carbons (Fsp3) is 0.0741. The van der Waals surface area contributed by atoms with E-state index in [0.717, 1.165) is 19.0 Å². The predicted octanol–water partition coefficient (Wildman–Crippen LogP) is 8.04. The number of carbonyl (C=O) groups is 2. The van der Waals surface area contributed by atoms with Crippen molar-refractivity contribution in [2.24, 2.45) is 4.99 Å². The number of carbonyl (C=O) groups excluding carboxylic acids is 2. The van der Waals surface area contributed by atoms with Crippen LogP contribution in [-0.2, 0) is 9.53 Å². The van der Waals surface area contributed by atoms with Gasteiger partial charge < -0.3 is 14.2 Å². The molecule has 0 saturated heterocycles. The fourth-order valence-electron chi connectivity index (χ4n) is 3.55. The lowest BCUT2D eigenvalue weighted by Gasteiger charge is -2.11. The van der Waals surface area contributed by atoms with E-state index >= 15 is 0 Å². The van der Waals surface area contributed by atoms with Gasteiger partial charge in [-0.15, -0.1) is 11.3 Å². The van der Waals surface area contributed by atoms with Crippen LogP contribution in [-0.4, -0.2) is 24.4 Å². The molecule has 0 spiro atoms. The molecule has 0 aliphatic carbocycles. The predicted molar refractivity (Wildman–Crippen MR) is 152 cm³/mol. The van der Waals surface area contributed by atoms with Crippen LogP contribution in [0.2, 0.25) is 5.02 Å². The highest BCUT2D eigenvalue weighted by atomic mass is 79.9. The molecular weight excluding hydrogens is 646 g/mol. The van der Waals surface area contributed by atoms with Crippen LogP contribution >= 0.6 is 54.8 Å². The molecule has 0 unspecified atom stereocenters. The SMILES string of the molecule is CCOc1cc(/C=C2/N=C(c3sc4cc(Br)ccc4c3Cl)OC2=O)ccc1OC(=O)c1ccc(Br)cc1. The Labute approximate surface area is 237 Å². The van der Waals surface area contributed by atoms with Crippen LogP contribution in [0.3, 0.4) is 0 Å². The zero-order valence-electron chi connectivity index (χ0n) is 19.1. The Bertz CT molecular complexity index is 1610. The summed E-state index contributed by atoms with van der Waals surface area (Å²) in [6, 6.07) is 17.6. The third-order valence-corrected chi connectivity index (χ3v) is 7.93. The van der Waals surface area contributed by atoms with Crippen molar-refractivity contribution < 1.29 is 23.8 Å². The summed E-state index contributed by atoms with van der Waals surface area (Å²) in [5, 5.41) is 1.34. The first-order valence-electron chi connectivity index (χ1n) is 11.0. The molecule has 10 heteroatoms. The van der Waals surface area contributed by atoms with Gasteiger partial charge in [-0.25, -0.2) is 14.6 Å². The molecule has 2 heterocycles. The second kappa shape index (κ2) is 10.8. The molecule has 0 amide bonds. The Kier molecular flexibility index (Phi) is 7.48. The monoisotopic (exact) mass is 659 g/mol. The van der Waals surface area contributed by atoms with E-state index in [1.807, 2.05) is 25.1 Å². The van der Waals surface area contributed by atoms with Crippen molar-refractivity contribution in [3.8, 4) is 11.5 Å². The summed E-state index contributed by atoms with van der Waals surface area (Å²) in [6.45, 7) is 2.18. The highest BCUT2D eigenvalue weighted by molar-refractivity contribution is 9.10. The van der Waals surface area contributed by atoms with Crippen LogP contribution in [0.25, 0.3) is 16.2 Å². The van der Waals surface area contributed by atoms with E-state index in [1.165, 1.54) is 11.3 Å². The number of cyclic esters (lactones) is 1. The molecule has 4 aromatic rings. The van der Waals surface area contributed by atoms with Gasteiger partial charge in [0.25, 0.3) is 0 Å². The van der Waals surface area contributed by atoms with E-state index in [-0.39, 0.29) is 17.3 Å². The van der Waals surface area contributed by atoms with E-state index in [9.17, 15) is 9.59 Å². The maximum atomic E-state index is 12.6. The molecule has 6 nitrogen and oxygen atoms in total. The minimum absolute atomic E-state index is 0.117. The highest BCUT2D eigenvalue weighted by Crippen LogP contribution is 2.39. The van der Waals surface area contributed by atoms with Gasteiger partial charge in [0.15, 0.2) is 17.2 Å². The van der Waals surface area contributed by atoms with Crippen molar-refractivity contribution in [3.05, 3.63) is 96.3 Å². The molecule has 3 aromatic carbocycles. The summed E-state index contributed by atoms with van der Waals surface area (Å²) in [6.07, 6.45) is 1.58. The Balaban J connectivity index is 1.43. The second-order valence-corrected chi connectivity index (χ2v) is 11.0. The average molecular weight is 662 g/mol. The average Bonchev–Trinajstić information content (AvgIpc) is 3.39. The molecule has 0 fully saturated rings. The summed E-state index contributed by atoms with van der Waals surface area (Å²) in [5.41, 5.74) is 1.14. The number of hydrogen-bond donors (Lipinski definition) is 0. The number of benzene rings is 3. The summed E-state index contributed by atoms with van der Waals surface area (Å²) in [5.74, 6) is -0.327. The molecule has 5 rings (SSSR count). The van der Waals surface area contributed by atoms with Crippen LogP contribution in [0.15, 0.2) is 80.3 Å². The Hall–Kier alpha value is -2.98. The van der Waals surface area contributed by atoms with Gasteiger partial charge in [0.2, 0.25) is 5.90 Å². The fourth-order valence-corrected chi connectivity index (χ4v) is 5.81. The van der Waals surface area contributed by atoms with Gasteiger partial charge in [-0.05, 0) is 67.1 Å². The molecule has 37 heavy (non-hydrogen) atoms. The number of nitrogens with zero attached hydrogens (tertiary/aromatic N) is 1. The van der Waals surface area contributed by atoms with Gasteiger partial charge >= 0.3 is 11.9 Å². The standard InChI is InChI=1S/C27H16Br2ClNO5S/c1-2-34-21-12-14(3-10-20(21)35-26(32)15-4-6-16(28)7-5-15)11-19-27(33)36-25(31-19)24-23(30)18-9-8-17(29)13-22(18)37-24/h3-13H,2H2,1H3/b19-11+. The van der Waals surface area contributed by atoms with Gasteiger partial charge in [0, 0.05) is 19.0 Å². The Morgan fingerprint density at radius 3 is 2.57 bits per heavy atom. The zero-order chi connectivity index (χ0) is 26.1. The van der Waals surface area contributed by atoms with Crippen LogP contribution in [0.4, 0.5) is 0 Å². The molecule has 0 N–H and O–H groups in total. The van der Waals surface area contributed by atoms with E-state index < -0.39 is 11.9 Å². The van der Waals surface area contributed by atoms with E-state index in [0.29, 0.717) is 33.4 Å². The number of thiophene rings is 1. The van der Waals surface area contributed by atoms with Crippen LogP contribution < -0.4 is 9.47 Å². The normalized spacial score (nSPS) is 14.1. The maximum Gasteiger partial charge on any atom is 0.363 e. The molecule has 1 aliphatic heterocycles. The quantitative estimate of drug-likeness (QED) is 0.119.